The van der Waals surface area contributed by atoms with E-state index >= 15 is 0 Å². The summed E-state index contributed by atoms with van der Waals surface area (Å²) in [5.41, 5.74) is 7.45. The van der Waals surface area contributed by atoms with Crippen molar-refractivity contribution in [3.8, 4) is 11.3 Å². The number of carbonyl (C=O) groups is 2. The minimum absolute atomic E-state index is 0. The fraction of sp³-hybridized carbons (Fsp3) is 0.476. The number of nitrogens with one attached hydrogen (secondary N) is 1. The standard InChI is InChI=1S/C21H28N4O4.ClH/c1-21(2,3)18(22)20(28)25-11-15(26)8-16(25)19(27)24-9-13-4-6-14(7-5-13)17-10-23-12-29-17;/h4-7,10,12,15-16,18,26H,8-9,11,22H2,1-3H3,(H,24,27);1H/t15-,16+,18?;/m1./s1. The van der Waals surface area contributed by atoms with Gasteiger partial charge in [-0.25, -0.2) is 4.98 Å². The quantitative estimate of drug-likeness (QED) is 0.656. The van der Waals surface area contributed by atoms with Gasteiger partial charge in [0.05, 0.1) is 18.3 Å². The number of β-amino-alcohol motifs (C(OH)–C–C–N with tert-alkyl or cyclic N) is 1. The highest BCUT2D eigenvalue weighted by Crippen LogP contribution is 2.25. The van der Waals surface area contributed by atoms with Crippen LogP contribution in [0.1, 0.15) is 32.8 Å². The monoisotopic (exact) mass is 436 g/mol. The number of benzene rings is 1. The number of oxazole rings is 1. The molecule has 0 spiro atoms. The molecule has 2 aromatic rings. The van der Waals surface area contributed by atoms with Gasteiger partial charge in [-0.15, -0.1) is 12.4 Å². The van der Waals surface area contributed by atoms with Crippen LogP contribution < -0.4 is 11.1 Å². The van der Waals surface area contributed by atoms with E-state index in [9.17, 15) is 14.7 Å². The molecule has 2 heterocycles. The van der Waals surface area contributed by atoms with Crippen LogP contribution in [-0.2, 0) is 16.1 Å². The maximum atomic E-state index is 12.8. The normalized spacial score (nSPS) is 19.8. The Hall–Kier alpha value is -2.42. The highest BCUT2D eigenvalue weighted by Gasteiger charge is 2.42. The molecular weight excluding hydrogens is 408 g/mol. The van der Waals surface area contributed by atoms with E-state index < -0.39 is 23.6 Å². The fourth-order valence-corrected chi connectivity index (χ4v) is 3.31. The Morgan fingerprint density at radius 2 is 2.00 bits per heavy atom. The molecular formula is C21H29ClN4O4. The zero-order valence-corrected chi connectivity index (χ0v) is 18.2. The molecule has 2 amide bonds. The summed E-state index contributed by atoms with van der Waals surface area (Å²) >= 11 is 0. The Morgan fingerprint density at radius 1 is 1.33 bits per heavy atom. The van der Waals surface area contributed by atoms with E-state index in [4.69, 9.17) is 10.2 Å². The Kier molecular flexibility index (Phi) is 7.63. The van der Waals surface area contributed by atoms with Crippen molar-refractivity contribution < 1.29 is 19.1 Å². The van der Waals surface area contributed by atoms with E-state index in [0.717, 1.165) is 11.1 Å². The third-order valence-corrected chi connectivity index (χ3v) is 5.20. The summed E-state index contributed by atoms with van der Waals surface area (Å²) in [6.45, 7) is 6.06. The minimum Gasteiger partial charge on any atom is -0.444 e. The lowest BCUT2D eigenvalue weighted by molar-refractivity contribution is -0.141. The van der Waals surface area contributed by atoms with Gasteiger partial charge in [-0.05, 0) is 11.0 Å². The average molecular weight is 437 g/mol. The van der Waals surface area contributed by atoms with Crippen molar-refractivity contribution in [3.05, 3.63) is 42.4 Å². The van der Waals surface area contributed by atoms with E-state index in [1.165, 1.54) is 11.3 Å². The molecule has 0 bridgehead atoms. The van der Waals surface area contributed by atoms with Crippen LogP contribution in [0.3, 0.4) is 0 Å². The molecule has 1 aliphatic heterocycles. The first kappa shape index (κ1) is 23.9. The number of nitrogens with two attached hydrogens (primary N) is 1. The van der Waals surface area contributed by atoms with Crippen molar-refractivity contribution in [1.82, 2.24) is 15.2 Å². The molecule has 0 aliphatic carbocycles. The highest BCUT2D eigenvalue weighted by molar-refractivity contribution is 5.90. The largest absolute Gasteiger partial charge is 0.444 e. The molecule has 30 heavy (non-hydrogen) atoms. The number of hydrogen-bond donors (Lipinski definition) is 3. The summed E-state index contributed by atoms with van der Waals surface area (Å²) in [6.07, 6.45) is 2.48. The van der Waals surface area contributed by atoms with Crippen LogP contribution in [0.4, 0.5) is 0 Å². The summed E-state index contributed by atoms with van der Waals surface area (Å²) in [6, 6.07) is 6.09. The number of halogens is 1. The van der Waals surface area contributed by atoms with Gasteiger partial charge in [0.25, 0.3) is 0 Å². The Labute approximate surface area is 182 Å². The van der Waals surface area contributed by atoms with Crippen molar-refractivity contribution in [2.24, 2.45) is 11.1 Å². The maximum Gasteiger partial charge on any atom is 0.243 e. The van der Waals surface area contributed by atoms with E-state index in [-0.39, 0.29) is 37.2 Å². The summed E-state index contributed by atoms with van der Waals surface area (Å²) in [5, 5.41) is 12.9. The molecule has 4 N–H and O–H groups in total. The number of aliphatic hydroxyl groups excluding tert-OH is 1. The number of rotatable bonds is 5. The van der Waals surface area contributed by atoms with Crippen LogP contribution in [0.15, 0.2) is 41.3 Å². The molecule has 1 aromatic heterocycles. The van der Waals surface area contributed by atoms with Crippen molar-refractivity contribution in [2.45, 2.75) is 51.9 Å². The first-order valence-electron chi connectivity index (χ1n) is 9.66. The van der Waals surface area contributed by atoms with Gasteiger partial charge in [0.1, 0.15) is 6.04 Å². The molecule has 0 radical (unpaired) electrons. The van der Waals surface area contributed by atoms with E-state index in [1.54, 1.807) is 6.20 Å². The van der Waals surface area contributed by atoms with Gasteiger partial charge in [0, 0.05) is 25.1 Å². The molecule has 1 aromatic carbocycles. The van der Waals surface area contributed by atoms with Crippen LogP contribution in [0.2, 0.25) is 0 Å². The maximum absolute atomic E-state index is 12.8. The van der Waals surface area contributed by atoms with Crippen molar-refractivity contribution in [3.63, 3.8) is 0 Å². The van der Waals surface area contributed by atoms with E-state index in [1.807, 2.05) is 45.0 Å². The molecule has 9 heteroatoms. The second kappa shape index (κ2) is 9.59. The van der Waals surface area contributed by atoms with Gasteiger partial charge in [0.15, 0.2) is 12.2 Å². The lowest BCUT2D eigenvalue weighted by atomic mass is 9.86. The molecule has 8 nitrogen and oxygen atoms in total. The molecule has 1 saturated heterocycles. The molecule has 3 rings (SSSR count). The molecule has 1 unspecified atom stereocenters. The van der Waals surface area contributed by atoms with Crippen molar-refractivity contribution >= 4 is 24.2 Å². The van der Waals surface area contributed by atoms with Gasteiger partial charge in [-0.1, -0.05) is 45.0 Å². The number of aromatic nitrogens is 1. The molecule has 1 aliphatic rings. The van der Waals surface area contributed by atoms with Crippen LogP contribution in [0.25, 0.3) is 11.3 Å². The van der Waals surface area contributed by atoms with Gasteiger partial charge >= 0.3 is 0 Å². The van der Waals surface area contributed by atoms with Crippen LogP contribution >= 0.6 is 12.4 Å². The van der Waals surface area contributed by atoms with E-state index in [2.05, 4.69) is 10.3 Å². The predicted octanol–water partition coefficient (Wildman–Crippen LogP) is 1.71. The third kappa shape index (κ3) is 5.38. The van der Waals surface area contributed by atoms with Gasteiger partial charge in [-0.3, -0.25) is 9.59 Å². The predicted molar refractivity (Wildman–Crippen MR) is 115 cm³/mol. The zero-order chi connectivity index (χ0) is 21.2. The second-order valence-corrected chi connectivity index (χ2v) is 8.52. The third-order valence-electron chi connectivity index (χ3n) is 5.20. The van der Waals surface area contributed by atoms with Gasteiger partial charge in [0.2, 0.25) is 11.8 Å². The van der Waals surface area contributed by atoms with Crippen LogP contribution in [0, 0.1) is 5.41 Å². The zero-order valence-electron chi connectivity index (χ0n) is 17.4. The van der Waals surface area contributed by atoms with Gasteiger partial charge in [-0.2, -0.15) is 0 Å². The Bertz CT molecular complexity index is 849. The summed E-state index contributed by atoms with van der Waals surface area (Å²) in [5.74, 6) is 0.0609. The lowest BCUT2D eigenvalue weighted by Gasteiger charge is -2.32. The summed E-state index contributed by atoms with van der Waals surface area (Å²) in [4.78, 5) is 30.8. The number of amides is 2. The van der Waals surface area contributed by atoms with Crippen molar-refractivity contribution in [1.29, 1.82) is 0 Å². The Balaban J connectivity index is 0.00000320. The SMILES string of the molecule is CC(C)(C)C(N)C(=O)N1C[C@H](O)C[C@H]1C(=O)NCc1ccc(-c2cnco2)cc1.Cl. The number of hydrogen-bond acceptors (Lipinski definition) is 6. The fourth-order valence-electron chi connectivity index (χ4n) is 3.31. The van der Waals surface area contributed by atoms with E-state index in [0.29, 0.717) is 12.3 Å². The molecule has 3 atom stereocenters. The number of aliphatic hydroxyl groups is 1. The van der Waals surface area contributed by atoms with Crippen LogP contribution in [0.5, 0.6) is 0 Å². The highest BCUT2D eigenvalue weighted by atomic mass is 35.5. The summed E-state index contributed by atoms with van der Waals surface area (Å²) in [7, 11) is 0. The number of carbonyl (C=O) groups excluding carboxylic acids is 2. The first-order valence-corrected chi connectivity index (χ1v) is 9.66. The first-order chi connectivity index (χ1) is 13.7. The number of nitrogens with zero attached hydrogens (tertiary/aromatic N) is 2. The summed E-state index contributed by atoms with van der Waals surface area (Å²) < 4.78 is 5.26. The average Bonchev–Trinajstić information content (AvgIpc) is 3.34. The smallest absolute Gasteiger partial charge is 0.243 e. The topological polar surface area (TPSA) is 122 Å². The lowest BCUT2D eigenvalue weighted by Crippen LogP contribution is -2.54. The molecule has 164 valence electrons. The minimum atomic E-state index is -0.744. The van der Waals surface area contributed by atoms with Gasteiger partial charge < -0.3 is 25.5 Å². The second-order valence-electron chi connectivity index (χ2n) is 8.52. The molecule has 1 fully saturated rings. The molecule has 0 saturated carbocycles. The van der Waals surface area contributed by atoms with Crippen molar-refractivity contribution in [2.75, 3.05) is 6.54 Å². The van der Waals surface area contributed by atoms with Crippen LogP contribution in [-0.4, -0.2) is 51.5 Å². The number of likely N-dealkylation sites (tertiary alicyclic amines) is 1. The Morgan fingerprint density at radius 3 is 2.57 bits per heavy atom.